The molecule has 2 aliphatic heterocycles. The minimum atomic E-state index is -0.495. The maximum Gasteiger partial charge on any atom is 0.224 e. The van der Waals surface area contributed by atoms with Crippen LogP contribution in [0, 0.1) is 0 Å². The standard InChI is InChI=1S/C17H24N2O3/c1-12-9-15-10-14(3-4-16(15)19(12)13(2)20)17(21)11-18-5-7-22-8-6-18/h3-4,10,12,17,21H,5-9,11H2,1-2H3. The molecule has 1 fully saturated rings. The molecule has 2 unspecified atom stereocenters. The maximum absolute atomic E-state index is 11.8. The molecule has 0 aliphatic carbocycles. The fraction of sp³-hybridized carbons (Fsp3) is 0.588. The van der Waals surface area contributed by atoms with Gasteiger partial charge < -0.3 is 14.7 Å². The largest absolute Gasteiger partial charge is 0.387 e. The van der Waals surface area contributed by atoms with E-state index in [0.29, 0.717) is 6.54 Å². The van der Waals surface area contributed by atoms with Crippen LogP contribution in [-0.2, 0) is 16.0 Å². The van der Waals surface area contributed by atoms with Crippen molar-refractivity contribution < 1.29 is 14.6 Å². The summed E-state index contributed by atoms with van der Waals surface area (Å²) in [4.78, 5) is 15.8. The van der Waals surface area contributed by atoms with Gasteiger partial charge in [0.2, 0.25) is 5.91 Å². The van der Waals surface area contributed by atoms with Gasteiger partial charge in [0.25, 0.3) is 0 Å². The second-order valence-corrected chi connectivity index (χ2v) is 6.26. The van der Waals surface area contributed by atoms with E-state index in [9.17, 15) is 9.90 Å². The van der Waals surface area contributed by atoms with Crippen LogP contribution in [0.1, 0.15) is 31.1 Å². The van der Waals surface area contributed by atoms with Gasteiger partial charge in [0.05, 0.1) is 19.3 Å². The minimum Gasteiger partial charge on any atom is -0.387 e. The summed E-state index contributed by atoms with van der Waals surface area (Å²) in [5.74, 6) is 0.0767. The highest BCUT2D eigenvalue weighted by atomic mass is 16.5. The van der Waals surface area contributed by atoms with E-state index in [4.69, 9.17) is 4.74 Å². The molecule has 1 saturated heterocycles. The molecule has 1 aromatic carbocycles. The number of aliphatic hydroxyl groups is 1. The summed E-state index contributed by atoms with van der Waals surface area (Å²) < 4.78 is 5.33. The second-order valence-electron chi connectivity index (χ2n) is 6.26. The molecular formula is C17H24N2O3. The highest BCUT2D eigenvalue weighted by Gasteiger charge is 2.29. The molecule has 0 radical (unpaired) electrons. The number of benzene rings is 1. The van der Waals surface area contributed by atoms with E-state index < -0.39 is 6.10 Å². The van der Waals surface area contributed by atoms with Crippen molar-refractivity contribution in [1.82, 2.24) is 4.90 Å². The van der Waals surface area contributed by atoms with Crippen molar-refractivity contribution in [1.29, 1.82) is 0 Å². The molecule has 5 nitrogen and oxygen atoms in total. The lowest BCUT2D eigenvalue weighted by Gasteiger charge is -2.28. The number of hydrogen-bond donors (Lipinski definition) is 1. The van der Waals surface area contributed by atoms with Gasteiger partial charge in [-0.15, -0.1) is 0 Å². The van der Waals surface area contributed by atoms with E-state index >= 15 is 0 Å². The maximum atomic E-state index is 11.8. The fourth-order valence-electron chi connectivity index (χ4n) is 3.47. The molecule has 2 aliphatic rings. The van der Waals surface area contributed by atoms with Crippen LogP contribution in [0.4, 0.5) is 5.69 Å². The topological polar surface area (TPSA) is 53.0 Å². The van der Waals surface area contributed by atoms with Gasteiger partial charge in [-0.25, -0.2) is 0 Å². The Morgan fingerprint density at radius 3 is 2.82 bits per heavy atom. The Morgan fingerprint density at radius 1 is 1.41 bits per heavy atom. The smallest absolute Gasteiger partial charge is 0.224 e. The highest BCUT2D eigenvalue weighted by Crippen LogP contribution is 2.34. The minimum absolute atomic E-state index is 0.0767. The van der Waals surface area contributed by atoms with E-state index in [0.717, 1.165) is 49.5 Å². The third kappa shape index (κ3) is 3.02. The lowest BCUT2D eigenvalue weighted by molar-refractivity contribution is -0.116. The number of β-amino-alcohol motifs (C(OH)–C–C–N with tert-alkyl or cyclic N) is 1. The van der Waals surface area contributed by atoms with Gasteiger partial charge in [-0.2, -0.15) is 0 Å². The highest BCUT2D eigenvalue weighted by molar-refractivity contribution is 5.94. The predicted molar refractivity (Wildman–Crippen MR) is 85.0 cm³/mol. The normalized spacial score (nSPS) is 23.4. The average molecular weight is 304 g/mol. The van der Waals surface area contributed by atoms with Gasteiger partial charge in [-0.1, -0.05) is 12.1 Å². The summed E-state index contributed by atoms with van der Waals surface area (Å²) in [6, 6.07) is 6.16. The van der Waals surface area contributed by atoms with E-state index in [1.165, 1.54) is 0 Å². The van der Waals surface area contributed by atoms with Crippen molar-refractivity contribution >= 4 is 11.6 Å². The first kappa shape index (κ1) is 15.5. The molecule has 0 saturated carbocycles. The third-order valence-electron chi connectivity index (χ3n) is 4.58. The Labute approximate surface area is 131 Å². The molecule has 1 aromatic rings. The van der Waals surface area contributed by atoms with Crippen molar-refractivity contribution in [2.45, 2.75) is 32.4 Å². The molecule has 22 heavy (non-hydrogen) atoms. The number of ether oxygens (including phenoxy) is 1. The Balaban J connectivity index is 1.73. The molecule has 1 amide bonds. The van der Waals surface area contributed by atoms with Crippen molar-refractivity contribution in [3.05, 3.63) is 29.3 Å². The summed E-state index contributed by atoms with van der Waals surface area (Å²) in [5, 5.41) is 10.5. The lowest BCUT2D eigenvalue weighted by atomic mass is 10.0. The van der Waals surface area contributed by atoms with E-state index in [-0.39, 0.29) is 11.9 Å². The first-order valence-electron chi connectivity index (χ1n) is 7.97. The van der Waals surface area contributed by atoms with Crippen LogP contribution in [-0.4, -0.2) is 54.8 Å². The van der Waals surface area contributed by atoms with E-state index in [1.807, 2.05) is 17.0 Å². The van der Waals surface area contributed by atoms with Gasteiger partial charge in [0.15, 0.2) is 0 Å². The number of carbonyl (C=O) groups is 1. The van der Waals surface area contributed by atoms with Gasteiger partial charge in [-0.3, -0.25) is 9.69 Å². The summed E-state index contributed by atoms with van der Waals surface area (Å²) in [7, 11) is 0. The molecule has 2 heterocycles. The van der Waals surface area contributed by atoms with Crippen LogP contribution in [0.15, 0.2) is 18.2 Å². The Bertz CT molecular complexity index is 555. The fourth-order valence-corrected chi connectivity index (χ4v) is 3.47. The third-order valence-corrected chi connectivity index (χ3v) is 4.58. The number of morpholine rings is 1. The predicted octanol–water partition coefficient (Wildman–Crippen LogP) is 1.35. The zero-order valence-corrected chi connectivity index (χ0v) is 13.3. The molecule has 0 spiro atoms. The van der Waals surface area contributed by atoms with Crippen molar-refractivity contribution in [3.8, 4) is 0 Å². The summed E-state index contributed by atoms with van der Waals surface area (Å²) in [6.45, 7) is 7.52. The molecule has 1 N–H and O–H groups in total. The Morgan fingerprint density at radius 2 is 2.14 bits per heavy atom. The van der Waals surface area contributed by atoms with Crippen LogP contribution in [0.5, 0.6) is 0 Å². The monoisotopic (exact) mass is 304 g/mol. The number of fused-ring (bicyclic) bond motifs is 1. The summed E-state index contributed by atoms with van der Waals surface area (Å²) in [5.41, 5.74) is 3.08. The molecular weight excluding hydrogens is 280 g/mol. The number of hydrogen-bond acceptors (Lipinski definition) is 4. The van der Waals surface area contributed by atoms with Crippen LogP contribution in [0.25, 0.3) is 0 Å². The van der Waals surface area contributed by atoms with Crippen molar-refractivity contribution in [2.75, 3.05) is 37.7 Å². The van der Waals surface area contributed by atoms with E-state index in [2.05, 4.69) is 17.9 Å². The molecule has 120 valence electrons. The Hall–Kier alpha value is -1.43. The number of amides is 1. The summed E-state index contributed by atoms with van der Waals surface area (Å²) in [6.07, 6.45) is 0.359. The van der Waals surface area contributed by atoms with Crippen LogP contribution in [0.3, 0.4) is 0 Å². The van der Waals surface area contributed by atoms with Crippen molar-refractivity contribution in [2.24, 2.45) is 0 Å². The molecule has 0 aromatic heterocycles. The molecule has 2 atom stereocenters. The number of nitrogens with zero attached hydrogens (tertiary/aromatic N) is 2. The van der Waals surface area contributed by atoms with Gasteiger partial charge in [-0.05, 0) is 30.5 Å². The SMILES string of the molecule is CC(=O)N1c2ccc(C(O)CN3CCOCC3)cc2CC1C. The average Bonchev–Trinajstić information content (AvgIpc) is 2.83. The quantitative estimate of drug-likeness (QED) is 0.916. The lowest BCUT2D eigenvalue weighted by Crippen LogP contribution is -2.38. The van der Waals surface area contributed by atoms with Crippen molar-refractivity contribution in [3.63, 3.8) is 0 Å². The molecule has 5 heteroatoms. The van der Waals surface area contributed by atoms with Gasteiger partial charge >= 0.3 is 0 Å². The van der Waals surface area contributed by atoms with Gasteiger partial charge in [0.1, 0.15) is 0 Å². The number of aliphatic hydroxyl groups excluding tert-OH is 1. The zero-order valence-electron chi connectivity index (χ0n) is 13.3. The first-order valence-corrected chi connectivity index (χ1v) is 7.97. The zero-order chi connectivity index (χ0) is 15.7. The first-order chi connectivity index (χ1) is 10.6. The van der Waals surface area contributed by atoms with Crippen LogP contribution >= 0.6 is 0 Å². The molecule has 3 rings (SSSR count). The summed E-state index contributed by atoms with van der Waals surface area (Å²) >= 11 is 0. The molecule has 0 bridgehead atoms. The number of anilines is 1. The Kier molecular flexibility index (Phi) is 4.47. The second kappa shape index (κ2) is 6.36. The van der Waals surface area contributed by atoms with Crippen LogP contribution in [0.2, 0.25) is 0 Å². The number of rotatable bonds is 3. The number of carbonyl (C=O) groups excluding carboxylic acids is 1. The van der Waals surface area contributed by atoms with E-state index in [1.54, 1.807) is 6.92 Å². The van der Waals surface area contributed by atoms with Gasteiger partial charge in [0, 0.05) is 38.3 Å². The van der Waals surface area contributed by atoms with Crippen LogP contribution < -0.4 is 4.90 Å².